The highest BCUT2D eigenvalue weighted by molar-refractivity contribution is 7.13. The molecule has 3 rings (SSSR count). The molecule has 3 aromatic rings. The fourth-order valence-corrected chi connectivity index (χ4v) is 3.25. The molecule has 0 saturated carbocycles. The summed E-state index contributed by atoms with van der Waals surface area (Å²) in [4.78, 5) is 14.4. The van der Waals surface area contributed by atoms with Crippen molar-refractivity contribution >= 4 is 34.5 Å². The first kappa shape index (κ1) is 17.5. The minimum atomic E-state index is -0.267. The number of hydrogen-bond acceptors (Lipinski definition) is 5. The first-order valence-electron chi connectivity index (χ1n) is 7.72. The predicted octanol–water partition coefficient (Wildman–Crippen LogP) is 4.08. The molecule has 0 saturated heterocycles. The van der Waals surface area contributed by atoms with Gasteiger partial charge in [0.2, 0.25) is 5.01 Å². The molecule has 0 aliphatic carbocycles. The summed E-state index contributed by atoms with van der Waals surface area (Å²) in [7, 11) is 2.02. The molecule has 0 aliphatic heterocycles. The van der Waals surface area contributed by atoms with E-state index in [0.29, 0.717) is 22.3 Å². The highest BCUT2D eigenvalue weighted by Crippen LogP contribution is 2.17. The van der Waals surface area contributed by atoms with Crippen LogP contribution in [0.3, 0.4) is 0 Å². The molecule has 1 aromatic heterocycles. The lowest BCUT2D eigenvalue weighted by molar-refractivity contribution is 0.102. The van der Waals surface area contributed by atoms with Gasteiger partial charge in [-0.15, -0.1) is 10.2 Å². The Morgan fingerprint density at radius 2 is 1.80 bits per heavy atom. The van der Waals surface area contributed by atoms with Gasteiger partial charge in [0.1, 0.15) is 5.01 Å². The lowest BCUT2D eigenvalue weighted by atomic mass is 10.2. The molecule has 0 spiro atoms. The molecule has 128 valence electrons. The molecule has 0 atom stereocenters. The Bertz CT molecular complexity index is 836. The third kappa shape index (κ3) is 5.09. The highest BCUT2D eigenvalue weighted by Gasteiger charge is 2.14. The zero-order chi connectivity index (χ0) is 17.6. The van der Waals surface area contributed by atoms with Crippen molar-refractivity contribution in [3.63, 3.8) is 0 Å². The highest BCUT2D eigenvalue weighted by atomic mass is 35.5. The van der Waals surface area contributed by atoms with Crippen molar-refractivity contribution in [2.75, 3.05) is 12.4 Å². The molecule has 1 heterocycles. The number of aromatic nitrogens is 2. The normalized spacial score (nSPS) is 10.8. The predicted molar refractivity (Wildman–Crippen MR) is 101 cm³/mol. The zero-order valence-electron chi connectivity index (χ0n) is 13.6. The Kier molecular flexibility index (Phi) is 5.75. The molecular weight excluding hydrogens is 356 g/mol. The molecule has 0 bridgehead atoms. The first-order valence-corrected chi connectivity index (χ1v) is 8.91. The van der Waals surface area contributed by atoms with Gasteiger partial charge in [0, 0.05) is 17.3 Å². The van der Waals surface area contributed by atoms with Crippen LogP contribution in [-0.2, 0) is 13.1 Å². The van der Waals surface area contributed by atoms with Crippen molar-refractivity contribution < 1.29 is 4.79 Å². The van der Waals surface area contributed by atoms with E-state index in [9.17, 15) is 4.79 Å². The fraction of sp³-hybridized carbons (Fsp3) is 0.167. The Morgan fingerprint density at radius 1 is 1.08 bits per heavy atom. The fourth-order valence-electron chi connectivity index (χ4n) is 2.31. The van der Waals surface area contributed by atoms with E-state index in [1.54, 1.807) is 24.3 Å². The molecule has 0 fully saturated rings. The third-order valence-corrected chi connectivity index (χ3v) is 4.62. The van der Waals surface area contributed by atoms with E-state index in [4.69, 9.17) is 11.6 Å². The number of carbonyl (C=O) groups excluding carboxylic acids is 1. The molecular formula is C18H17ClN4OS. The van der Waals surface area contributed by atoms with E-state index in [-0.39, 0.29) is 5.91 Å². The second kappa shape index (κ2) is 8.20. The average Bonchev–Trinajstić information content (AvgIpc) is 3.06. The molecule has 25 heavy (non-hydrogen) atoms. The van der Waals surface area contributed by atoms with Crippen LogP contribution >= 0.6 is 22.9 Å². The molecule has 7 heteroatoms. The number of benzene rings is 2. The maximum absolute atomic E-state index is 12.2. The van der Waals surface area contributed by atoms with Crippen LogP contribution in [0.4, 0.5) is 5.69 Å². The standard InChI is InChI=1S/C18H17ClN4OS/c1-23(11-13-5-3-2-4-6-13)12-16-21-22-18(25-16)17(24)20-15-9-7-14(19)8-10-15/h2-10H,11-12H2,1H3,(H,20,24). The minimum Gasteiger partial charge on any atom is -0.320 e. The van der Waals surface area contributed by atoms with Crippen molar-refractivity contribution in [1.29, 1.82) is 0 Å². The number of hydrogen-bond donors (Lipinski definition) is 1. The van der Waals surface area contributed by atoms with E-state index in [0.717, 1.165) is 11.6 Å². The largest absolute Gasteiger partial charge is 0.320 e. The van der Waals surface area contributed by atoms with Gasteiger partial charge in [-0.05, 0) is 36.9 Å². The first-order chi connectivity index (χ1) is 12.1. The van der Waals surface area contributed by atoms with Crippen LogP contribution in [0.5, 0.6) is 0 Å². The second-order valence-electron chi connectivity index (χ2n) is 5.62. The van der Waals surface area contributed by atoms with E-state index in [1.807, 2.05) is 25.2 Å². The lowest BCUT2D eigenvalue weighted by Crippen LogP contribution is -2.17. The van der Waals surface area contributed by atoms with Crippen LogP contribution in [-0.4, -0.2) is 28.1 Å². The van der Waals surface area contributed by atoms with Crippen LogP contribution < -0.4 is 5.32 Å². The molecule has 2 aromatic carbocycles. The van der Waals surface area contributed by atoms with Crippen molar-refractivity contribution in [1.82, 2.24) is 15.1 Å². The summed E-state index contributed by atoms with van der Waals surface area (Å²) >= 11 is 7.14. The van der Waals surface area contributed by atoms with Crippen LogP contribution in [0, 0.1) is 0 Å². The molecule has 0 aliphatic rings. The van der Waals surface area contributed by atoms with Gasteiger partial charge in [-0.25, -0.2) is 0 Å². The second-order valence-corrected chi connectivity index (χ2v) is 7.12. The molecule has 5 nitrogen and oxygen atoms in total. The van der Waals surface area contributed by atoms with Crippen molar-refractivity contribution in [3.8, 4) is 0 Å². The Hall–Kier alpha value is -2.28. The van der Waals surface area contributed by atoms with Crippen LogP contribution in [0.15, 0.2) is 54.6 Å². The van der Waals surface area contributed by atoms with Crippen LogP contribution in [0.2, 0.25) is 5.02 Å². The summed E-state index contributed by atoms with van der Waals surface area (Å²) in [5, 5.41) is 12.7. The SMILES string of the molecule is CN(Cc1ccccc1)Cc1nnc(C(=O)Nc2ccc(Cl)cc2)s1. The van der Waals surface area contributed by atoms with E-state index >= 15 is 0 Å². The minimum absolute atomic E-state index is 0.267. The summed E-state index contributed by atoms with van der Waals surface area (Å²) in [6.07, 6.45) is 0. The van der Waals surface area contributed by atoms with Gasteiger partial charge >= 0.3 is 0 Å². The summed E-state index contributed by atoms with van der Waals surface area (Å²) < 4.78 is 0. The Morgan fingerprint density at radius 3 is 2.52 bits per heavy atom. The average molecular weight is 373 g/mol. The maximum atomic E-state index is 12.2. The Labute approximate surface area is 155 Å². The van der Waals surface area contributed by atoms with Crippen molar-refractivity contribution in [2.24, 2.45) is 0 Å². The summed E-state index contributed by atoms with van der Waals surface area (Å²) in [6.45, 7) is 1.45. The summed E-state index contributed by atoms with van der Waals surface area (Å²) in [6, 6.07) is 17.2. The number of carbonyl (C=O) groups is 1. The van der Waals surface area contributed by atoms with Crippen LogP contribution in [0.1, 0.15) is 20.4 Å². The zero-order valence-corrected chi connectivity index (χ0v) is 15.2. The number of rotatable bonds is 6. The smallest absolute Gasteiger partial charge is 0.286 e. The van der Waals surface area contributed by atoms with Gasteiger partial charge < -0.3 is 5.32 Å². The quantitative estimate of drug-likeness (QED) is 0.708. The molecule has 0 unspecified atom stereocenters. The molecule has 0 radical (unpaired) electrons. The van der Waals surface area contributed by atoms with Crippen molar-refractivity contribution in [3.05, 3.63) is 75.2 Å². The van der Waals surface area contributed by atoms with Gasteiger partial charge in [-0.3, -0.25) is 9.69 Å². The summed E-state index contributed by atoms with van der Waals surface area (Å²) in [5.74, 6) is -0.267. The van der Waals surface area contributed by atoms with Gasteiger partial charge in [-0.1, -0.05) is 53.3 Å². The van der Waals surface area contributed by atoms with E-state index in [1.165, 1.54) is 16.9 Å². The number of nitrogens with one attached hydrogen (secondary N) is 1. The number of nitrogens with zero attached hydrogens (tertiary/aromatic N) is 3. The Balaban J connectivity index is 1.58. The van der Waals surface area contributed by atoms with E-state index in [2.05, 4.69) is 32.5 Å². The molecule has 1 amide bonds. The number of anilines is 1. The van der Waals surface area contributed by atoms with E-state index < -0.39 is 0 Å². The van der Waals surface area contributed by atoms with Crippen molar-refractivity contribution in [2.45, 2.75) is 13.1 Å². The summed E-state index contributed by atoms with van der Waals surface area (Å²) in [5.41, 5.74) is 1.91. The number of halogens is 1. The molecule has 1 N–H and O–H groups in total. The van der Waals surface area contributed by atoms with Gasteiger partial charge in [-0.2, -0.15) is 0 Å². The lowest BCUT2D eigenvalue weighted by Gasteiger charge is -2.14. The van der Waals surface area contributed by atoms with Crippen LogP contribution in [0.25, 0.3) is 0 Å². The maximum Gasteiger partial charge on any atom is 0.286 e. The van der Waals surface area contributed by atoms with Gasteiger partial charge in [0.15, 0.2) is 0 Å². The monoisotopic (exact) mass is 372 g/mol. The topological polar surface area (TPSA) is 58.1 Å². The third-order valence-electron chi connectivity index (χ3n) is 3.46. The van der Waals surface area contributed by atoms with Gasteiger partial charge in [0.05, 0.1) is 6.54 Å². The number of amides is 1. The van der Waals surface area contributed by atoms with Gasteiger partial charge in [0.25, 0.3) is 5.91 Å².